The molecule has 3 heterocycles. The fourth-order valence-corrected chi connectivity index (χ4v) is 5.52. The van der Waals surface area contributed by atoms with Gasteiger partial charge in [0.1, 0.15) is 17.4 Å². The van der Waals surface area contributed by atoms with Gasteiger partial charge in [0.2, 0.25) is 5.91 Å². The Balaban J connectivity index is 0.000000441. The first-order valence-corrected chi connectivity index (χ1v) is 15.8. The number of aromatic nitrogens is 2. The molecule has 2 atom stereocenters. The molecule has 4 aromatic rings. The number of hydrogen-bond acceptors (Lipinski definition) is 10. The van der Waals surface area contributed by atoms with E-state index in [0.717, 1.165) is 27.2 Å². The van der Waals surface area contributed by atoms with E-state index in [-0.39, 0.29) is 5.91 Å². The van der Waals surface area contributed by atoms with Crippen molar-refractivity contribution >= 4 is 46.0 Å². The molecule has 2 aromatic heterocycles. The number of thiazole rings is 1. The zero-order valence-electron chi connectivity index (χ0n) is 26.9. The van der Waals surface area contributed by atoms with Crippen LogP contribution in [0.25, 0.3) is 10.9 Å². The average Bonchev–Trinajstić information content (AvgIpc) is 3.60. The van der Waals surface area contributed by atoms with Crippen molar-refractivity contribution in [1.82, 2.24) is 25.7 Å². The quantitative estimate of drug-likeness (QED) is 0.0926. The van der Waals surface area contributed by atoms with Crippen LogP contribution in [0.2, 0.25) is 0 Å². The summed E-state index contributed by atoms with van der Waals surface area (Å²) in [7, 11) is 0. The maximum absolute atomic E-state index is 13.1. The molecule has 0 saturated carbocycles. The molecule has 5 N–H and O–H groups in total. The van der Waals surface area contributed by atoms with Crippen LogP contribution in [0.3, 0.4) is 0 Å². The molecule has 1 fully saturated rings. The SMILES string of the molecule is Cc1cc(COc2ccc(C(=O)N[C@@H]3CN(Cc4nccs4)CC[C@@H]3C(=O)NO)cc2)c2ccccc2n1.O=C(O)C(F)(F)F.O=C(O)C(F)(F)F. The number of nitrogens with zero attached hydrogens (tertiary/aromatic N) is 3. The minimum absolute atomic E-state index is 0.288. The van der Waals surface area contributed by atoms with Crippen LogP contribution in [0.4, 0.5) is 26.3 Å². The molecule has 0 radical (unpaired) electrons. The predicted octanol–water partition coefficient (Wildman–Crippen LogP) is 4.97. The first kappa shape index (κ1) is 41.1. The minimum atomic E-state index is -5.08. The molecule has 1 aliphatic heterocycles. The molecule has 2 amide bonds. The van der Waals surface area contributed by atoms with Gasteiger partial charge in [-0.15, -0.1) is 11.3 Å². The summed E-state index contributed by atoms with van der Waals surface area (Å²) < 4.78 is 69.5. The summed E-state index contributed by atoms with van der Waals surface area (Å²) in [5.41, 5.74) is 5.11. The molecular formula is C32H31F6N5O8S. The molecular weight excluding hydrogens is 728 g/mol. The van der Waals surface area contributed by atoms with Gasteiger partial charge < -0.3 is 20.3 Å². The highest BCUT2D eigenvalue weighted by Crippen LogP contribution is 2.23. The van der Waals surface area contributed by atoms with E-state index in [4.69, 9.17) is 24.5 Å². The largest absolute Gasteiger partial charge is 0.490 e. The fraction of sp³-hybridized carbons (Fsp3) is 0.312. The Kier molecular flexibility index (Phi) is 14.4. The lowest BCUT2D eigenvalue weighted by Crippen LogP contribution is -2.56. The molecule has 0 bridgehead atoms. The van der Waals surface area contributed by atoms with Gasteiger partial charge in [-0.1, -0.05) is 18.2 Å². The van der Waals surface area contributed by atoms with Gasteiger partial charge in [-0.3, -0.25) is 24.7 Å². The number of hydrogen-bond donors (Lipinski definition) is 5. The van der Waals surface area contributed by atoms with Gasteiger partial charge in [-0.05, 0) is 56.3 Å². The molecule has 0 unspecified atom stereocenters. The minimum Gasteiger partial charge on any atom is -0.489 e. The van der Waals surface area contributed by atoms with Crippen LogP contribution in [-0.4, -0.2) is 85.5 Å². The fourth-order valence-electron chi connectivity index (χ4n) is 4.86. The van der Waals surface area contributed by atoms with Crippen LogP contribution >= 0.6 is 11.3 Å². The van der Waals surface area contributed by atoms with E-state index in [1.165, 1.54) is 0 Å². The van der Waals surface area contributed by atoms with Crippen molar-refractivity contribution in [2.24, 2.45) is 5.92 Å². The summed E-state index contributed by atoms with van der Waals surface area (Å²) in [6.45, 7) is 4.13. The summed E-state index contributed by atoms with van der Waals surface area (Å²) in [4.78, 5) is 54.2. The number of benzene rings is 2. The van der Waals surface area contributed by atoms with E-state index in [0.29, 0.717) is 44.0 Å². The maximum atomic E-state index is 13.1. The van der Waals surface area contributed by atoms with Crippen molar-refractivity contribution in [3.63, 3.8) is 0 Å². The Morgan fingerprint density at radius 2 is 1.60 bits per heavy atom. The van der Waals surface area contributed by atoms with Crippen molar-refractivity contribution in [1.29, 1.82) is 0 Å². The van der Waals surface area contributed by atoms with E-state index in [9.17, 15) is 41.1 Å². The zero-order valence-corrected chi connectivity index (χ0v) is 27.8. The predicted molar refractivity (Wildman–Crippen MR) is 171 cm³/mol. The molecule has 0 spiro atoms. The van der Waals surface area contributed by atoms with Gasteiger partial charge in [0.15, 0.2) is 0 Å². The number of rotatable bonds is 8. The Morgan fingerprint density at radius 1 is 0.981 bits per heavy atom. The van der Waals surface area contributed by atoms with E-state index < -0.39 is 42.2 Å². The van der Waals surface area contributed by atoms with Gasteiger partial charge in [0, 0.05) is 40.3 Å². The van der Waals surface area contributed by atoms with E-state index in [2.05, 4.69) is 20.2 Å². The summed E-state index contributed by atoms with van der Waals surface area (Å²) in [6.07, 6.45) is -7.89. The number of carbonyl (C=O) groups excluding carboxylic acids is 2. The normalized spacial score (nSPS) is 16.0. The Bertz CT molecular complexity index is 1800. The van der Waals surface area contributed by atoms with Crippen LogP contribution in [0.1, 0.15) is 33.0 Å². The molecule has 1 aliphatic rings. The molecule has 1 saturated heterocycles. The highest BCUT2D eigenvalue weighted by Gasteiger charge is 2.39. The maximum Gasteiger partial charge on any atom is 0.490 e. The third-order valence-electron chi connectivity index (χ3n) is 7.23. The monoisotopic (exact) mass is 759 g/mol. The molecule has 2 aromatic carbocycles. The third kappa shape index (κ3) is 12.5. The van der Waals surface area contributed by atoms with Gasteiger partial charge in [0.25, 0.3) is 5.91 Å². The van der Waals surface area contributed by atoms with Crippen molar-refractivity contribution in [2.45, 2.75) is 44.9 Å². The van der Waals surface area contributed by atoms with Crippen LogP contribution in [0, 0.1) is 12.8 Å². The standard InChI is InChI=1S/C28H29N5O4S.2C2HF3O2/c1-18-14-20(22-4-2-3-5-24(22)30-18)17-37-21-8-6-19(7-9-21)27(34)31-25-15-33(16-26-29-11-13-38-26)12-10-23(25)28(35)32-36;2*3-2(4,5)1(6)7/h2-9,11,13-14,23,25,36H,10,12,15-17H2,1H3,(H,31,34)(H,32,35);2*(H,6,7)/t23-,25+;;/m0../s1. The number of piperidine rings is 1. The smallest absolute Gasteiger partial charge is 0.489 e. The summed E-state index contributed by atoms with van der Waals surface area (Å²) in [5.74, 6) is -6.18. The second kappa shape index (κ2) is 18.2. The number of hydroxylamine groups is 1. The number of likely N-dealkylation sites (tertiary alicyclic amines) is 1. The Hall–Kier alpha value is -5.34. The highest BCUT2D eigenvalue weighted by molar-refractivity contribution is 7.09. The lowest BCUT2D eigenvalue weighted by molar-refractivity contribution is -0.193. The lowest BCUT2D eigenvalue weighted by Gasteiger charge is -2.37. The second-order valence-electron chi connectivity index (χ2n) is 11.0. The third-order valence-corrected chi connectivity index (χ3v) is 7.99. The van der Waals surface area contributed by atoms with Gasteiger partial charge in [-0.25, -0.2) is 20.1 Å². The topological polar surface area (TPSA) is 191 Å². The summed E-state index contributed by atoms with van der Waals surface area (Å²) in [6, 6.07) is 16.5. The van der Waals surface area contributed by atoms with Gasteiger partial charge >= 0.3 is 24.3 Å². The van der Waals surface area contributed by atoms with Crippen molar-refractivity contribution in [3.05, 3.63) is 88.0 Å². The molecule has 280 valence electrons. The van der Waals surface area contributed by atoms with Crippen LogP contribution < -0.4 is 15.5 Å². The van der Waals surface area contributed by atoms with Crippen molar-refractivity contribution in [3.8, 4) is 5.75 Å². The summed E-state index contributed by atoms with van der Waals surface area (Å²) in [5, 5.41) is 30.4. The molecule has 0 aliphatic carbocycles. The van der Waals surface area contributed by atoms with Gasteiger partial charge in [-0.2, -0.15) is 26.3 Å². The molecule has 20 heteroatoms. The van der Waals surface area contributed by atoms with Crippen LogP contribution in [0.5, 0.6) is 5.75 Å². The number of pyridine rings is 1. The van der Waals surface area contributed by atoms with E-state index >= 15 is 0 Å². The van der Waals surface area contributed by atoms with Crippen LogP contribution in [0.15, 0.2) is 66.2 Å². The number of para-hydroxylation sites is 1. The Labute approximate surface area is 294 Å². The average molecular weight is 760 g/mol. The van der Waals surface area contributed by atoms with E-state index in [1.54, 1.807) is 47.3 Å². The number of carboxylic acids is 2. The van der Waals surface area contributed by atoms with Crippen LogP contribution in [-0.2, 0) is 27.5 Å². The Morgan fingerprint density at radius 3 is 2.15 bits per heavy atom. The number of carbonyl (C=O) groups is 4. The molecule has 5 rings (SSSR count). The number of halogens is 6. The number of carboxylic acid groups (broad SMARTS) is 2. The summed E-state index contributed by atoms with van der Waals surface area (Å²) >= 11 is 1.57. The number of ether oxygens (including phenoxy) is 1. The van der Waals surface area contributed by atoms with Crippen molar-refractivity contribution < 1.29 is 65.7 Å². The van der Waals surface area contributed by atoms with Crippen molar-refractivity contribution in [2.75, 3.05) is 13.1 Å². The second-order valence-corrected chi connectivity index (χ2v) is 12.0. The number of aryl methyl sites for hydroxylation is 1. The first-order valence-electron chi connectivity index (χ1n) is 14.9. The highest BCUT2D eigenvalue weighted by atomic mass is 32.1. The molecule has 52 heavy (non-hydrogen) atoms. The number of fused-ring (bicyclic) bond motifs is 1. The first-order chi connectivity index (χ1) is 24.4. The molecule has 13 nitrogen and oxygen atoms in total. The number of alkyl halides is 6. The zero-order chi connectivity index (χ0) is 38.6. The number of aliphatic carboxylic acids is 2. The lowest BCUT2D eigenvalue weighted by atomic mass is 9.90. The number of nitrogens with one attached hydrogen (secondary N) is 2. The van der Waals surface area contributed by atoms with E-state index in [1.807, 2.05) is 42.6 Å². The van der Waals surface area contributed by atoms with Gasteiger partial charge in [0.05, 0.1) is 24.0 Å². The number of amides is 2.